The first-order valence-corrected chi connectivity index (χ1v) is 7.98. The van der Waals surface area contributed by atoms with Gasteiger partial charge in [-0.1, -0.05) is 24.3 Å². The summed E-state index contributed by atoms with van der Waals surface area (Å²) in [6.07, 6.45) is 3.35. The van der Waals surface area contributed by atoms with Crippen LogP contribution in [0, 0.1) is 0 Å². The zero-order valence-corrected chi connectivity index (χ0v) is 14.5. The van der Waals surface area contributed by atoms with Gasteiger partial charge in [0.1, 0.15) is 0 Å². The molecule has 0 atom stereocenters. The summed E-state index contributed by atoms with van der Waals surface area (Å²) in [5.74, 6) is -3.51. The zero-order chi connectivity index (χ0) is 20.5. The monoisotopic (exact) mass is 380 g/mol. The molecule has 0 saturated heterocycles. The van der Waals surface area contributed by atoms with E-state index in [2.05, 4.69) is 10.6 Å². The molecule has 2 aromatic rings. The van der Waals surface area contributed by atoms with Crippen LogP contribution in [0.5, 0.6) is 0 Å². The number of amides is 2. The van der Waals surface area contributed by atoms with Crippen molar-refractivity contribution in [1.82, 2.24) is 0 Å². The predicted molar refractivity (Wildman–Crippen MR) is 103 cm³/mol. The van der Waals surface area contributed by atoms with Crippen molar-refractivity contribution in [2.24, 2.45) is 0 Å². The highest BCUT2D eigenvalue weighted by molar-refractivity contribution is 6.03. The van der Waals surface area contributed by atoms with E-state index in [4.69, 9.17) is 10.2 Å². The SMILES string of the molecule is O=C(O)C=CC(=O)Nc1ccc(-c2ccc(NC(=O)C=CC(=O)O)cc2)cc1. The van der Waals surface area contributed by atoms with Gasteiger partial charge < -0.3 is 20.8 Å². The number of carbonyl (C=O) groups excluding carboxylic acids is 2. The van der Waals surface area contributed by atoms with Crippen LogP contribution in [0.3, 0.4) is 0 Å². The van der Waals surface area contributed by atoms with Crippen LogP contribution in [-0.4, -0.2) is 34.0 Å². The van der Waals surface area contributed by atoms with Gasteiger partial charge in [0.25, 0.3) is 0 Å². The number of benzene rings is 2. The molecular formula is C20H16N2O6. The molecule has 0 heterocycles. The number of anilines is 2. The summed E-state index contributed by atoms with van der Waals surface area (Å²) in [6.45, 7) is 0. The quantitative estimate of drug-likeness (QED) is 0.546. The summed E-state index contributed by atoms with van der Waals surface area (Å²) in [6, 6.07) is 13.8. The lowest BCUT2D eigenvalue weighted by atomic mass is 10.0. The normalized spacial score (nSPS) is 10.7. The van der Waals surface area contributed by atoms with E-state index >= 15 is 0 Å². The second kappa shape index (κ2) is 9.48. The lowest BCUT2D eigenvalue weighted by molar-refractivity contribution is -0.132. The fourth-order valence-corrected chi connectivity index (χ4v) is 2.15. The summed E-state index contributed by atoms with van der Waals surface area (Å²) in [4.78, 5) is 43.9. The molecule has 0 radical (unpaired) electrons. The molecule has 0 bridgehead atoms. The van der Waals surface area contributed by atoms with Gasteiger partial charge in [-0.2, -0.15) is 0 Å². The Balaban J connectivity index is 2.00. The minimum absolute atomic E-state index is 0.512. The van der Waals surface area contributed by atoms with Crippen molar-refractivity contribution in [3.8, 4) is 11.1 Å². The van der Waals surface area contributed by atoms with Gasteiger partial charge in [-0.25, -0.2) is 9.59 Å². The number of carboxylic acids is 2. The highest BCUT2D eigenvalue weighted by atomic mass is 16.4. The van der Waals surface area contributed by atoms with E-state index in [0.717, 1.165) is 35.4 Å². The Morgan fingerprint density at radius 2 is 0.893 bits per heavy atom. The average Bonchev–Trinajstić information content (AvgIpc) is 2.66. The number of hydrogen-bond acceptors (Lipinski definition) is 4. The molecule has 0 aliphatic rings. The number of aliphatic carboxylic acids is 2. The molecule has 0 fully saturated rings. The Kier molecular flexibility index (Phi) is 6.81. The fraction of sp³-hybridized carbons (Fsp3) is 0. The molecule has 8 heteroatoms. The van der Waals surface area contributed by atoms with E-state index in [0.29, 0.717) is 11.4 Å². The second-order valence-corrected chi connectivity index (χ2v) is 5.48. The van der Waals surface area contributed by atoms with Gasteiger partial charge in [0.15, 0.2) is 0 Å². The first-order valence-electron chi connectivity index (χ1n) is 7.98. The van der Waals surface area contributed by atoms with Crippen LogP contribution in [-0.2, 0) is 19.2 Å². The highest BCUT2D eigenvalue weighted by Crippen LogP contribution is 2.23. The topological polar surface area (TPSA) is 133 Å². The van der Waals surface area contributed by atoms with Crippen LogP contribution >= 0.6 is 0 Å². The molecule has 2 rings (SSSR count). The van der Waals surface area contributed by atoms with Crippen LogP contribution in [0.4, 0.5) is 11.4 Å². The summed E-state index contributed by atoms with van der Waals surface area (Å²) in [7, 11) is 0. The molecule has 0 saturated carbocycles. The Labute approximate surface area is 159 Å². The number of carboxylic acid groups (broad SMARTS) is 2. The molecule has 2 aromatic carbocycles. The van der Waals surface area contributed by atoms with E-state index in [-0.39, 0.29) is 0 Å². The maximum atomic E-state index is 11.5. The predicted octanol–water partition coefficient (Wildman–Crippen LogP) is 2.51. The van der Waals surface area contributed by atoms with Gasteiger partial charge in [-0.3, -0.25) is 9.59 Å². The summed E-state index contributed by atoms with van der Waals surface area (Å²) in [5, 5.41) is 22.1. The zero-order valence-electron chi connectivity index (χ0n) is 14.5. The molecule has 0 unspecified atom stereocenters. The molecular weight excluding hydrogens is 364 g/mol. The van der Waals surface area contributed by atoms with Crippen molar-refractivity contribution < 1.29 is 29.4 Å². The number of carbonyl (C=O) groups is 4. The van der Waals surface area contributed by atoms with Gasteiger partial charge in [0, 0.05) is 35.7 Å². The maximum Gasteiger partial charge on any atom is 0.328 e. The Morgan fingerprint density at radius 3 is 1.18 bits per heavy atom. The van der Waals surface area contributed by atoms with E-state index < -0.39 is 23.8 Å². The standard InChI is InChI=1S/C20H16N2O6/c23-17(9-11-19(25)26)21-15-5-1-13(2-6-15)14-3-7-16(8-4-14)22-18(24)10-12-20(27)28/h1-12H,(H,21,23)(H,22,24)(H,25,26)(H,27,28). The third-order valence-corrected chi connectivity index (χ3v) is 3.39. The van der Waals surface area contributed by atoms with Crippen molar-refractivity contribution in [2.75, 3.05) is 10.6 Å². The Bertz CT molecular complexity index is 864. The van der Waals surface area contributed by atoms with Crippen molar-refractivity contribution in [3.05, 3.63) is 72.8 Å². The third kappa shape index (κ3) is 6.60. The molecule has 0 spiro atoms. The summed E-state index contributed by atoms with van der Waals surface area (Å²) >= 11 is 0. The maximum absolute atomic E-state index is 11.5. The average molecular weight is 380 g/mol. The molecule has 142 valence electrons. The first-order chi connectivity index (χ1) is 13.3. The molecule has 0 aliphatic carbocycles. The summed E-state index contributed by atoms with van der Waals surface area (Å²) in [5.41, 5.74) is 2.75. The summed E-state index contributed by atoms with van der Waals surface area (Å²) < 4.78 is 0. The van der Waals surface area contributed by atoms with Gasteiger partial charge in [0.05, 0.1) is 0 Å². The third-order valence-electron chi connectivity index (χ3n) is 3.39. The van der Waals surface area contributed by atoms with E-state index in [9.17, 15) is 19.2 Å². The largest absolute Gasteiger partial charge is 0.478 e. The van der Waals surface area contributed by atoms with Crippen LogP contribution < -0.4 is 10.6 Å². The van der Waals surface area contributed by atoms with Crippen LogP contribution in [0.15, 0.2) is 72.8 Å². The van der Waals surface area contributed by atoms with Gasteiger partial charge in [-0.05, 0) is 35.4 Å². The number of nitrogens with one attached hydrogen (secondary N) is 2. The highest BCUT2D eigenvalue weighted by Gasteiger charge is 2.03. The number of hydrogen-bond donors (Lipinski definition) is 4. The van der Waals surface area contributed by atoms with Crippen LogP contribution in [0.25, 0.3) is 11.1 Å². The van der Waals surface area contributed by atoms with E-state index in [1.165, 1.54) is 0 Å². The molecule has 4 N–H and O–H groups in total. The molecule has 28 heavy (non-hydrogen) atoms. The Morgan fingerprint density at radius 1 is 0.571 bits per heavy atom. The molecule has 0 aliphatic heterocycles. The van der Waals surface area contributed by atoms with Crippen molar-refractivity contribution in [1.29, 1.82) is 0 Å². The second-order valence-electron chi connectivity index (χ2n) is 5.48. The van der Waals surface area contributed by atoms with Gasteiger partial charge in [-0.15, -0.1) is 0 Å². The lowest BCUT2D eigenvalue weighted by Crippen LogP contribution is -2.08. The molecule has 0 aromatic heterocycles. The minimum atomic E-state index is -1.21. The van der Waals surface area contributed by atoms with Crippen molar-refractivity contribution in [2.45, 2.75) is 0 Å². The van der Waals surface area contributed by atoms with E-state index in [1.807, 2.05) is 0 Å². The van der Waals surface area contributed by atoms with Gasteiger partial charge in [0.2, 0.25) is 11.8 Å². The molecule has 2 amide bonds. The van der Waals surface area contributed by atoms with Crippen molar-refractivity contribution >= 4 is 35.1 Å². The minimum Gasteiger partial charge on any atom is -0.478 e. The smallest absolute Gasteiger partial charge is 0.328 e. The van der Waals surface area contributed by atoms with Crippen molar-refractivity contribution in [3.63, 3.8) is 0 Å². The van der Waals surface area contributed by atoms with Crippen LogP contribution in [0.1, 0.15) is 0 Å². The fourth-order valence-electron chi connectivity index (χ4n) is 2.15. The van der Waals surface area contributed by atoms with Crippen LogP contribution in [0.2, 0.25) is 0 Å². The lowest BCUT2D eigenvalue weighted by Gasteiger charge is -2.07. The Hall–Kier alpha value is -4.20. The number of rotatable bonds is 7. The first kappa shape index (κ1) is 20.1. The molecule has 8 nitrogen and oxygen atoms in total. The van der Waals surface area contributed by atoms with Gasteiger partial charge >= 0.3 is 11.9 Å². The van der Waals surface area contributed by atoms with E-state index in [1.54, 1.807) is 48.5 Å².